The van der Waals surface area contributed by atoms with E-state index in [2.05, 4.69) is 10.3 Å². The van der Waals surface area contributed by atoms with Gasteiger partial charge >= 0.3 is 12.1 Å². The molecule has 1 aromatic heterocycles. The number of halogens is 3. The van der Waals surface area contributed by atoms with E-state index in [1.165, 1.54) is 0 Å². The van der Waals surface area contributed by atoms with Gasteiger partial charge < -0.3 is 10.4 Å². The molecule has 0 aliphatic heterocycles. The van der Waals surface area contributed by atoms with Crippen LogP contribution in [0.4, 0.5) is 19.0 Å². The number of hydrogen-bond donors (Lipinski definition) is 2. The molecule has 2 N–H and O–H groups in total. The highest BCUT2D eigenvalue weighted by molar-refractivity contribution is 5.66. The van der Waals surface area contributed by atoms with E-state index < -0.39 is 17.8 Å². The van der Waals surface area contributed by atoms with Gasteiger partial charge in [-0.3, -0.25) is 4.79 Å². The van der Waals surface area contributed by atoms with Crippen molar-refractivity contribution in [2.45, 2.75) is 19.0 Å². The summed E-state index contributed by atoms with van der Waals surface area (Å²) < 4.78 is 37.3. The number of pyridine rings is 1. The molecular weight excluding hydrogens is 263 g/mol. The van der Waals surface area contributed by atoms with Gasteiger partial charge in [-0.15, -0.1) is 0 Å². The molecule has 0 amide bonds. The molecule has 0 saturated carbocycles. The van der Waals surface area contributed by atoms with Crippen LogP contribution in [0.25, 0.3) is 0 Å². The van der Waals surface area contributed by atoms with Crippen LogP contribution in [0.2, 0.25) is 0 Å². The Morgan fingerprint density at radius 3 is 2.68 bits per heavy atom. The summed E-state index contributed by atoms with van der Waals surface area (Å²) in [5.41, 5.74) is -1.13. The van der Waals surface area contributed by atoms with Crippen LogP contribution in [0.3, 0.4) is 0 Å². The first-order valence-electron chi connectivity index (χ1n) is 5.28. The fraction of sp³-hybridized carbons (Fsp3) is 0.364. The molecule has 0 bridgehead atoms. The molecule has 0 unspecified atom stereocenters. The number of carbonyl (C=O) groups is 1. The van der Waals surface area contributed by atoms with Crippen molar-refractivity contribution in [2.24, 2.45) is 0 Å². The van der Waals surface area contributed by atoms with E-state index in [0.29, 0.717) is 0 Å². The summed E-state index contributed by atoms with van der Waals surface area (Å²) in [6, 6.07) is 3.46. The minimum Gasteiger partial charge on any atom is -0.481 e. The lowest BCUT2D eigenvalue weighted by Gasteiger charge is -2.10. The molecule has 1 aromatic rings. The molecule has 0 aliphatic carbocycles. The standard InChI is InChI=1S/C11H10F3N3O2/c12-11(13,14)8-4-3-7(6-15)10(17-8)16-5-1-2-9(18)19/h3-4H,1-2,5H2,(H,16,17)(H,18,19). The van der Waals surface area contributed by atoms with Crippen molar-refractivity contribution in [2.75, 3.05) is 11.9 Å². The third-order valence-electron chi connectivity index (χ3n) is 2.17. The van der Waals surface area contributed by atoms with Crippen LogP contribution >= 0.6 is 0 Å². The summed E-state index contributed by atoms with van der Waals surface area (Å²) in [6.45, 7) is 0.120. The van der Waals surface area contributed by atoms with E-state index in [1.54, 1.807) is 6.07 Å². The topological polar surface area (TPSA) is 86.0 Å². The maximum atomic E-state index is 12.4. The van der Waals surface area contributed by atoms with Crippen LogP contribution in [0.1, 0.15) is 24.1 Å². The van der Waals surface area contributed by atoms with Crippen molar-refractivity contribution in [1.29, 1.82) is 5.26 Å². The molecular formula is C11H10F3N3O2. The van der Waals surface area contributed by atoms with Crippen LogP contribution in [0.5, 0.6) is 0 Å². The minimum absolute atomic E-state index is 0.0247. The first kappa shape index (κ1) is 14.8. The zero-order valence-corrected chi connectivity index (χ0v) is 9.66. The Bertz CT molecular complexity index is 509. The third kappa shape index (κ3) is 4.46. The number of aromatic nitrogens is 1. The number of nitrogens with zero attached hydrogens (tertiary/aromatic N) is 2. The lowest BCUT2D eigenvalue weighted by Crippen LogP contribution is -2.12. The molecule has 0 aliphatic rings. The molecule has 0 atom stereocenters. The van der Waals surface area contributed by atoms with Gasteiger partial charge in [0, 0.05) is 13.0 Å². The monoisotopic (exact) mass is 273 g/mol. The van der Waals surface area contributed by atoms with Crippen LogP contribution in [0, 0.1) is 11.3 Å². The number of carboxylic acids is 1. The summed E-state index contributed by atoms with van der Waals surface area (Å²) in [4.78, 5) is 13.6. The molecule has 19 heavy (non-hydrogen) atoms. The van der Waals surface area contributed by atoms with Gasteiger partial charge in [-0.2, -0.15) is 18.4 Å². The van der Waals surface area contributed by atoms with E-state index >= 15 is 0 Å². The highest BCUT2D eigenvalue weighted by atomic mass is 19.4. The second-order valence-electron chi connectivity index (χ2n) is 3.63. The van der Waals surface area contributed by atoms with Crippen LogP contribution in [0.15, 0.2) is 12.1 Å². The van der Waals surface area contributed by atoms with Gasteiger partial charge in [-0.1, -0.05) is 0 Å². The first-order chi connectivity index (χ1) is 8.84. The number of carboxylic acid groups (broad SMARTS) is 1. The number of rotatable bonds is 5. The van der Waals surface area contributed by atoms with Crippen LogP contribution in [-0.4, -0.2) is 22.6 Å². The van der Waals surface area contributed by atoms with Crippen LogP contribution < -0.4 is 5.32 Å². The highest BCUT2D eigenvalue weighted by Crippen LogP contribution is 2.29. The largest absolute Gasteiger partial charge is 0.481 e. The van der Waals surface area contributed by atoms with Crippen molar-refractivity contribution in [3.63, 3.8) is 0 Å². The predicted molar refractivity (Wildman–Crippen MR) is 59.3 cm³/mol. The van der Waals surface area contributed by atoms with Crippen molar-refractivity contribution < 1.29 is 23.1 Å². The molecule has 0 radical (unpaired) electrons. The molecule has 102 valence electrons. The third-order valence-corrected chi connectivity index (χ3v) is 2.17. The number of alkyl halides is 3. The second-order valence-corrected chi connectivity index (χ2v) is 3.63. The Hall–Kier alpha value is -2.30. The van der Waals surface area contributed by atoms with E-state index in [-0.39, 0.29) is 30.8 Å². The molecule has 8 heteroatoms. The van der Waals surface area contributed by atoms with Crippen molar-refractivity contribution in [3.05, 3.63) is 23.4 Å². The van der Waals surface area contributed by atoms with Gasteiger partial charge in [0.25, 0.3) is 0 Å². The average Bonchev–Trinajstić information content (AvgIpc) is 2.33. The normalized spacial score (nSPS) is 10.8. The number of hydrogen-bond acceptors (Lipinski definition) is 4. The molecule has 0 fully saturated rings. The summed E-state index contributed by atoms with van der Waals surface area (Å²) >= 11 is 0. The quantitative estimate of drug-likeness (QED) is 0.803. The van der Waals surface area contributed by atoms with E-state index in [4.69, 9.17) is 10.4 Å². The van der Waals surface area contributed by atoms with Gasteiger partial charge in [0.1, 0.15) is 17.6 Å². The fourth-order valence-electron chi connectivity index (χ4n) is 1.29. The zero-order valence-electron chi connectivity index (χ0n) is 9.66. The summed E-state index contributed by atoms with van der Waals surface area (Å²) in [5.74, 6) is -1.19. The molecule has 0 aromatic carbocycles. The Morgan fingerprint density at radius 2 is 2.16 bits per heavy atom. The summed E-state index contributed by atoms with van der Waals surface area (Å²) in [6.07, 6.45) is -4.49. The van der Waals surface area contributed by atoms with Crippen molar-refractivity contribution in [1.82, 2.24) is 4.98 Å². The number of aliphatic carboxylic acids is 1. The molecule has 5 nitrogen and oxygen atoms in total. The Morgan fingerprint density at radius 1 is 1.47 bits per heavy atom. The molecule has 0 spiro atoms. The Balaban J connectivity index is 2.80. The summed E-state index contributed by atoms with van der Waals surface area (Å²) in [5, 5.41) is 19.7. The smallest absolute Gasteiger partial charge is 0.433 e. The zero-order chi connectivity index (χ0) is 14.5. The molecule has 1 rings (SSSR count). The number of nitriles is 1. The lowest BCUT2D eigenvalue weighted by molar-refractivity contribution is -0.141. The maximum Gasteiger partial charge on any atom is 0.433 e. The van der Waals surface area contributed by atoms with Crippen molar-refractivity contribution in [3.8, 4) is 6.07 Å². The van der Waals surface area contributed by atoms with Gasteiger partial charge in [0.2, 0.25) is 0 Å². The number of nitrogens with one attached hydrogen (secondary N) is 1. The molecule has 0 saturated heterocycles. The van der Waals surface area contributed by atoms with Gasteiger partial charge in [0.15, 0.2) is 0 Å². The predicted octanol–water partition coefficient (Wildman–Crippen LogP) is 2.25. The van der Waals surface area contributed by atoms with Gasteiger partial charge in [-0.05, 0) is 18.6 Å². The molecule has 1 heterocycles. The lowest BCUT2D eigenvalue weighted by atomic mass is 10.2. The second kappa shape index (κ2) is 6.04. The van der Waals surface area contributed by atoms with Crippen LogP contribution in [-0.2, 0) is 11.0 Å². The minimum atomic E-state index is -4.59. The van der Waals surface area contributed by atoms with Gasteiger partial charge in [0.05, 0.1) is 5.56 Å². The van der Waals surface area contributed by atoms with E-state index in [9.17, 15) is 18.0 Å². The maximum absolute atomic E-state index is 12.4. The summed E-state index contributed by atoms with van der Waals surface area (Å²) in [7, 11) is 0. The number of anilines is 1. The SMILES string of the molecule is N#Cc1ccc(C(F)(F)F)nc1NCCCC(=O)O. The van der Waals surface area contributed by atoms with E-state index in [1.807, 2.05) is 0 Å². The van der Waals surface area contributed by atoms with E-state index in [0.717, 1.165) is 12.1 Å². The fourth-order valence-corrected chi connectivity index (χ4v) is 1.29. The Labute approximate surface area is 106 Å². The highest BCUT2D eigenvalue weighted by Gasteiger charge is 2.33. The Kier molecular flexibility index (Phi) is 4.69. The first-order valence-corrected chi connectivity index (χ1v) is 5.28. The average molecular weight is 273 g/mol. The van der Waals surface area contributed by atoms with Crippen molar-refractivity contribution >= 4 is 11.8 Å². The van der Waals surface area contributed by atoms with Gasteiger partial charge in [-0.25, -0.2) is 4.98 Å².